The van der Waals surface area contributed by atoms with Gasteiger partial charge in [-0.2, -0.15) is 0 Å². The first-order chi connectivity index (χ1) is 2.27. The fourth-order valence-corrected chi connectivity index (χ4v) is 0. The molecule has 1 atom stereocenters. The van der Waals surface area contributed by atoms with Crippen LogP contribution in [0.5, 0.6) is 0 Å². The van der Waals surface area contributed by atoms with Crippen molar-refractivity contribution in [3.8, 4) is 0 Å². The molecule has 0 aliphatic heterocycles. The first-order valence-corrected chi connectivity index (χ1v) is 5.83. The van der Waals surface area contributed by atoms with Crippen LogP contribution in [0.3, 0.4) is 0 Å². The average molecular weight is 200 g/mol. The Morgan fingerprint density at radius 3 is 2.20 bits per heavy atom. The Bertz CT molecular complexity index is 71.5. The summed E-state index contributed by atoms with van der Waals surface area (Å²) < 4.78 is 0. The van der Waals surface area contributed by atoms with E-state index in [0.717, 1.165) is 5.75 Å². The van der Waals surface area contributed by atoms with Crippen molar-refractivity contribution in [2.24, 2.45) is 0 Å². The summed E-state index contributed by atoms with van der Waals surface area (Å²) in [7, 11) is -0.128. The summed E-state index contributed by atoms with van der Waals surface area (Å²) in [6.45, 7) is 7.44. The van der Waals surface area contributed by atoms with E-state index in [2.05, 4.69) is 28.1 Å². The molecule has 0 aliphatic rings. The van der Waals surface area contributed by atoms with E-state index in [0.29, 0.717) is 0 Å². The molecular weight excluding hydrogens is 194 g/mol. The van der Waals surface area contributed by atoms with E-state index in [4.69, 9.17) is 6.53 Å². The molecule has 1 unspecified atom stereocenters. The SMILES string of the molecule is B#[SH](I)CC. The predicted molar refractivity (Wildman–Crippen MR) is 39.3 cm³/mol. The monoisotopic (exact) mass is 200 g/mol. The molecule has 0 radical (unpaired) electrons. The molecule has 0 aliphatic carbocycles. The van der Waals surface area contributed by atoms with Gasteiger partial charge in [-0.1, -0.05) is 0 Å². The summed E-state index contributed by atoms with van der Waals surface area (Å²) in [6, 6.07) is 0. The van der Waals surface area contributed by atoms with E-state index < -0.39 is 0 Å². The second-order valence-electron chi connectivity index (χ2n) is 0.716. The van der Waals surface area contributed by atoms with Gasteiger partial charge in [0.25, 0.3) is 0 Å². The van der Waals surface area contributed by atoms with Crippen LogP contribution in [0.1, 0.15) is 6.92 Å². The Morgan fingerprint density at radius 1 is 2.00 bits per heavy atom. The zero-order chi connectivity index (χ0) is 4.28. The molecule has 0 aromatic carbocycles. The molecule has 0 amide bonds. The first kappa shape index (κ1) is 6.14. The van der Waals surface area contributed by atoms with Crippen molar-refractivity contribution in [2.75, 3.05) is 5.75 Å². The number of halogens is 1. The molecule has 0 N–H and O–H groups in total. The summed E-state index contributed by atoms with van der Waals surface area (Å²) in [5.74, 6) is 1.13. The van der Waals surface area contributed by atoms with Crippen LogP contribution >= 0.6 is 28.5 Å². The van der Waals surface area contributed by atoms with Gasteiger partial charge in [-0.25, -0.2) is 0 Å². The number of hydrogen-bond donors (Lipinski definition) is 1. The summed E-state index contributed by atoms with van der Waals surface area (Å²) >= 11 is 2.25. The number of hydrogen-bond acceptors (Lipinski definition) is 0. The molecule has 0 aromatic rings. The average Bonchev–Trinajstić information content (AvgIpc) is 1.38. The Balaban J connectivity index is 2.97. The van der Waals surface area contributed by atoms with Crippen molar-refractivity contribution in [2.45, 2.75) is 6.92 Å². The molecular formula is C2H6BIS. The minimum absolute atomic E-state index is 0.128. The van der Waals surface area contributed by atoms with Crippen LogP contribution in [0, 0.1) is 0 Å². The van der Waals surface area contributed by atoms with Crippen molar-refractivity contribution in [1.82, 2.24) is 0 Å². The van der Waals surface area contributed by atoms with E-state index in [-0.39, 0.29) is 7.30 Å². The van der Waals surface area contributed by atoms with E-state index >= 15 is 0 Å². The van der Waals surface area contributed by atoms with Crippen molar-refractivity contribution in [3.05, 3.63) is 0 Å². The van der Waals surface area contributed by atoms with Crippen LogP contribution in [-0.4, -0.2) is 12.3 Å². The van der Waals surface area contributed by atoms with Gasteiger partial charge < -0.3 is 0 Å². The van der Waals surface area contributed by atoms with E-state index in [1.165, 1.54) is 0 Å². The van der Waals surface area contributed by atoms with Gasteiger partial charge >= 0.3 is 47.7 Å². The second-order valence-corrected chi connectivity index (χ2v) is 5.87. The molecule has 0 bridgehead atoms. The summed E-state index contributed by atoms with van der Waals surface area (Å²) in [5.41, 5.74) is 0. The van der Waals surface area contributed by atoms with Gasteiger partial charge in [-0.05, 0) is 0 Å². The molecule has 0 saturated heterocycles. The van der Waals surface area contributed by atoms with Crippen LogP contribution < -0.4 is 0 Å². The van der Waals surface area contributed by atoms with Crippen molar-refractivity contribution in [1.29, 1.82) is 0 Å². The Kier molecular flexibility index (Phi) is 4.10. The van der Waals surface area contributed by atoms with Crippen molar-refractivity contribution < 1.29 is 0 Å². The van der Waals surface area contributed by atoms with Crippen LogP contribution in [0.2, 0.25) is 0 Å². The molecule has 3 heteroatoms. The molecule has 30 valence electrons. The number of rotatable bonds is 0. The predicted octanol–water partition coefficient (Wildman–Crippen LogP) is 1.44. The summed E-state index contributed by atoms with van der Waals surface area (Å²) in [4.78, 5) is 0. The third-order valence-electron chi connectivity index (χ3n) is 0.302. The zero-order valence-corrected chi connectivity index (χ0v) is 6.16. The summed E-state index contributed by atoms with van der Waals surface area (Å²) in [6.07, 6.45) is 0. The Morgan fingerprint density at radius 2 is 2.20 bits per heavy atom. The molecule has 0 nitrogen and oxygen atoms in total. The molecule has 5 heavy (non-hydrogen) atoms. The number of thiol groups is 1. The van der Waals surface area contributed by atoms with Crippen molar-refractivity contribution >= 4 is 35.0 Å². The van der Waals surface area contributed by atoms with E-state index in [1.807, 2.05) is 0 Å². The van der Waals surface area contributed by atoms with Gasteiger partial charge in [0.05, 0.1) is 0 Å². The van der Waals surface area contributed by atoms with Gasteiger partial charge in [0, 0.05) is 0 Å². The molecule has 0 saturated carbocycles. The topological polar surface area (TPSA) is 0 Å². The van der Waals surface area contributed by atoms with Gasteiger partial charge in [0.1, 0.15) is 0 Å². The molecule has 0 fully saturated rings. The normalized spacial score (nSPS) is 15.2. The molecule has 0 heterocycles. The van der Waals surface area contributed by atoms with E-state index in [1.54, 1.807) is 0 Å². The minimum atomic E-state index is -0.128. The van der Waals surface area contributed by atoms with Gasteiger partial charge in [0.15, 0.2) is 0 Å². The van der Waals surface area contributed by atoms with Crippen molar-refractivity contribution in [3.63, 3.8) is 0 Å². The molecule has 0 rings (SSSR count). The van der Waals surface area contributed by atoms with Crippen LogP contribution in [0.15, 0.2) is 0 Å². The van der Waals surface area contributed by atoms with Crippen LogP contribution in [-0.2, 0) is 0 Å². The van der Waals surface area contributed by atoms with Gasteiger partial charge in [-0.15, -0.1) is 0 Å². The fraction of sp³-hybridized carbons (Fsp3) is 1.00. The second kappa shape index (κ2) is 3.34. The zero-order valence-electron chi connectivity index (χ0n) is 3.11. The third-order valence-corrected chi connectivity index (χ3v) is 2.95. The quantitative estimate of drug-likeness (QED) is 0.341. The van der Waals surface area contributed by atoms with Crippen LogP contribution in [0.25, 0.3) is 0 Å². The fourth-order valence-electron chi connectivity index (χ4n) is 0. The molecule has 0 spiro atoms. The van der Waals surface area contributed by atoms with Crippen LogP contribution in [0.4, 0.5) is 0 Å². The molecule has 0 aromatic heterocycles. The third kappa shape index (κ3) is 5.14. The Labute approximate surface area is 47.7 Å². The standard InChI is InChI=1S/C2H6BIS/c1-2-5(3)4/h5H,2H2,1H3. The summed E-state index contributed by atoms with van der Waals surface area (Å²) in [5, 5.41) is 0. The Hall–Kier alpha value is 1.14. The maximum atomic E-state index is 5.34. The van der Waals surface area contributed by atoms with Gasteiger partial charge in [0.2, 0.25) is 0 Å². The maximum absolute atomic E-state index is 5.34. The first-order valence-electron chi connectivity index (χ1n) is 1.45. The van der Waals surface area contributed by atoms with E-state index in [9.17, 15) is 0 Å². The van der Waals surface area contributed by atoms with Gasteiger partial charge in [-0.3, -0.25) is 0 Å².